The second-order valence-corrected chi connectivity index (χ2v) is 5.80. The van der Waals surface area contributed by atoms with Crippen LogP contribution >= 0.6 is 0 Å². The van der Waals surface area contributed by atoms with Crippen LogP contribution in [-0.2, 0) is 9.47 Å². The molecule has 1 aliphatic heterocycles. The van der Waals surface area contributed by atoms with E-state index in [-0.39, 0.29) is 12.2 Å². The second-order valence-electron chi connectivity index (χ2n) is 5.80. The van der Waals surface area contributed by atoms with Gasteiger partial charge in [-0.25, -0.2) is 0 Å². The molecule has 0 aromatic heterocycles. The van der Waals surface area contributed by atoms with Crippen molar-refractivity contribution in [2.45, 2.75) is 63.6 Å². The highest BCUT2D eigenvalue weighted by atomic mass is 16.6. The summed E-state index contributed by atoms with van der Waals surface area (Å²) in [7, 11) is 1.56. The summed E-state index contributed by atoms with van der Waals surface area (Å²) in [5, 5.41) is 13.5. The van der Waals surface area contributed by atoms with Crippen LogP contribution in [0.15, 0.2) is 5.18 Å². The van der Waals surface area contributed by atoms with Crippen LogP contribution in [0.25, 0.3) is 0 Å². The van der Waals surface area contributed by atoms with Crippen molar-refractivity contribution in [1.82, 2.24) is 0 Å². The Morgan fingerprint density at radius 2 is 2.12 bits per heavy atom. The Labute approximate surface area is 101 Å². The minimum Gasteiger partial charge on any atom is -0.387 e. The number of hydrogen-bond donors (Lipinski definition) is 1. The Balaban J connectivity index is 2.29. The minimum absolute atomic E-state index is 0.311. The maximum atomic E-state index is 11.0. The van der Waals surface area contributed by atoms with Crippen molar-refractivity contribution in [1.29, 1.82) is 0 Å². The Kier molecular flexibility index (Phi) is 2.66. The highest BCUT2D eigenvalue weighted by Gasteiger charge is 2.82. The predicted octanol–water partition coefficient (Wildman–Crippen LogP) is 1.47. The van der Waals surface area contributed by atoms with Crippen molar-refractivity contribution in [2.24, 2.45) is 10.6 Å². The van der Waals surface area contributed by atoms with E-state index in [0.29, 0.717) is 6.42 Å². The summed E-state index contributed by atoms with van der Waals surface area (Å²) in [6.45, 7) is 7.51. The number of ether oxygens (including phenoxy) is 2. The lowest BCUT2D eigenvalue weighted by Gasteiger charge is -2.75. The smallest absolute Gasteiger partial charge is 0.132 e. The van der Waals surface area contributed by atoms with Gasteiger partial charge in [0, 0.05) is 7.11 Å². The molecule has 0 aromatic rings. The molecule has 5 unspecified atom stereocenters. The fourth-order valence-corrected chi connectivity index (χ4v) is 3.52. The molecule has 1 saturated carbocycles. The van der Waals surface area contributed by atoms with E-state index >= 15 is 0 Å². The van der Waals surface area contributed by atoms with Crippen molar-refractivity contribution in [3.8, 4) is 0 Å². The summed E-state index contributed by atoms with van der Waals surface area (Å²) >= 11 is 0. The molecule has 5 nitrogen and oxygen atoms in total. The lowest BCUT2D eigenvalue weighted by Crippen LogP contribution is -2.90. The Morgan fingerprint density at radius 1 is 1.53 bits per heavy atom. The van der Waals surface area contributed by atoms with Gasteiger partial charge in [-0.2, -0.15) is 4.91 Å². The van der Waals surface area contributed by atoms with Crippen molar-refractivity contribution in [2.75, 3.05) is 7.11 Å². The monoisotopic (exact) mass is 243 g/mol. The molecule has 1 N–H and O–H groups in total. The van der Waals surface area contributed by atoms with Crippen molar-refractivity contribution in [3.63, 3.8) is 0 Å². The van der Waals surface area contributed by atoms with Gasteiger partial charge in [-0.1, -0.05) is 19.0 Å². The summed E-state index contributed by atoms with van der Waals surface area (Å²) in [6.07, 6.45) is -0.0972. The molecule has 2 rings (SSSR count). The summed E-state index contributed by atoms with van der Waals surface area (Å²) < 4.78 is 11.1. The van der Waals surface area contributed by atoms with E-state index in [2.05, 4.69) is 5.18 Å². The standard InChI is InChI=1S/C12H21NO4/c1-6-10(2,14)9-11(3)7(13-15)8(16-5)12(11,4)17-9/h7-9,14H,6H2,1-5H3/t7?,8-,9?,10?,11?,12?/m1/s1. The summed E-state index contributed by atoms with van der Waals surface area (Å²) in [6, 6.07) is -0.450. The molecule has 98 valence electrons. The average Bonchev–Trinajstić information content (AvgIpc) is 2.31. The van der Waals surface area contributed by atoms with E-state index in [4.69, 9.17) is 9.47 Å². The average molecular weight is 243 g/mol. The van der Waals surface area contributed by atoms with E-state index in [0.717, 1.165) is 0 Å². The third kappa shape index (κ3) is 1.20. The normalized spacial score (nSPS) is 51.8. The molecule has 1 saturated heterocycles. The fraction of sp³-hybridized carbons (Fsp3) is 1.00. The molecule has 5 heteroatoms. The molecule has 1 heterocycles. The van der Waals surface area contributed by atoms with Crippen LogP contribution in [0.4, 0.5) is 0 Å². The van der Waals surface area contributed by atoms with Gasteiger partial charge in [0.15, 0.2) is 0 Å². The number of nitroso groups, excluding NO2 is 1. The highest BCUT2D eigenvalue weighted by Crippen LogP contribution is 2.67. The third-order valence-corrected chi connectivity index (χ3v) is 5.07. The Morgan fingerprint density at radius 3 is 2.53 bits per heavy atom. The van der Waals surface area contributed by atoms with Gasteiger partial charge in [0.1, 0.15) is 17.7 Å². The number of hydrogen-bond acceptors (Lipinski definition) is 5. The molecular weight excluding hydrogens is 222 g/mol. The van der Waals surface area contributed by atoms with Crippen LogP contribution in [0.1, 0.15) is 34.1 Å². The zero-order chi connectivity index (χ0) is 13.1. The van der Waals surface area contributed by atoms with Gasteiger partial charge in [-0.3, -0.25) is 0 Å². The first-order valence-corrected chi connectivity index (χ1v) is 6.05. The summed E-state index contributed by atoms with van der Waals surface area (Å²) in [5.41, 5.74) is -1.88. The number of methoxy groups -OCH3 is 1. The van der Waals surface area contributed by atoms with Crippen molar-refractivity contribution >= 4 is 0 Å². The molecule has 0 radical (unpaired) electrons. The summed E-state index contributed by atoms with van der Waals surface area (Å²) in [5.74, 6) is 0. The lowest BCUT2D eigenvalue weighted by molar-refractivity contribution is -0.440. The van der Waals surface area contributed by atoms with E-state index in [1.807, 2.05) is 20.8 Å². The van der Waals surface area contributed by atoms with Crippen LogP contribution < -0.4 is 0 Å². The molecule has 0 spiro atoms. The van der Waals surface area contributed by atoms with Crippen molar-refractivity contribution < 1.29 is 14.6 Å². The highest BCUT2D eigenvalue weighted by molar-refractivity contribution is 5.31. The van der Waals surface area contributed by atoms with E-state index in [1.165, 1.54) is 0 Å². The first kappa shape index (κ1) is 12.9. The summed E-state index contributed by atoms with van der Waals surface area (Å²) in [4.78, 5) is 11.0. The van der Waals surface area contributed by atoms with Crippen LogP contribution in [-0.4, -0.2) is 41.7 Å². The first-order chi connectivity index (χ1) is 7.79. The molecule has 0 bridgehead atoms. The number of aliphatic hydroxyl groups is 1. The van der Waals surface area contributed by atoms with Gasteiger partial charge in [-0.15, -0.1) is 0 Å². The number of nitrogens with zero attached hydrogens (tertiary/aromatic N) is 1. The zero-order valence-electron chi connectivity index (χ0n) is 11.1. The Hall–Kier alpha value is -0.520. The predicted molar refractivity (Wildman–Crippen MR) is 62.7 cm³/mol. The molecule has 0 aromatic carbocycles. The van der Waals surface area contributed by atoms with Gasteiger partial charge < -0.3 is 14.6 Å². The maximum absolute atomic E-state index is 11.0. The molecule has 1 aliphatic carbocycles. The minimum atomic E-state index is -0.935. The van der Waals surface area contributed by atoms with E-state index < -0.39 is 22.7 Å². The maximum Gasteiger partial charge on any atom is 0.132 e. The van der Waals surface area contributed by atoms with Gasteiger partial charge in [0.2, 0.25) is 0 Å². The fourth-order valence-electron chi connectivity index (χ4n) is 3.52. The molecule has 17 heavy (non-hydrogen) atoms. The lowest BCUT2D eigenvalue weighted by atomic mass is 9.44. The van der Waals surface area contributed by atoms with Crippen LogP contribution in [0.3, 0.4) is 0 Å². The second kappa shape index (κ2) is 3.49. The zero-order valence-corrected chi connectivity index (χ0v) is 11.1. The molecule has 0 amide bonds. The van der Waals surface area contributed by atoms with Crippen molar-refractivity contribution in [3.05, 3.63) is 4.91 Å². The van der Waals surface area contributed by atoms with Crippen LogP contribution in [0, 0.1) is 10.3 Å². The van der Waals surface area contributed by atoms with Crippen LogP contribution in [0.5, 0.6) is 0 Å². The molecule has 6 atom stereocenters. The SMILES string of the molecule is CCC(C)(O)C1OC2(C)[C@H](OC)C(N=O)C12C. The van der Waals surface area contributed by atoms with Gasteiger partial charge >= 0.3 is 0 Å². The molecule has 2 aliphatic rings. The number of fused-ring (bicyclic) bond motifs is 1. The largest absolute Gasteiger partial charge is 0.387 e. The van der Waals surface area contributed by atoms with E-state index in [9.17, 15) is 10.0 Å². The van der Waals surface area contributed by atoms with E-state index in [1.54, 1.807) is 14.0 Å². The Bertz CT molecular complexity index is 345. The first-order valence-electron chi connectivity index (χ1n) is 6.05. The number of rotatable bonds is 4. The quantitative estimate of drug-likeness (QED) is 0.759. The van der Waals surface area contributed by atoms with Gasteiger partial charge in [0.05, 0.1) is 17.1 Å². The molecule has 2 fully saturated rings. The van der Waals surface area contributed by atoms with Gasteiger partial charge in [-0.05, 0) is 20.3 Å². The van der Waals surface area contributed by atoms with Gasteiger partial charge in [0.25, 0.3) is 0 Å². The third-order valence-electron chi connectivity index (χ3n) is 5.07. The topological polar surface area (TPSA) is 68.1 Å². The van der Waals surface area contributed by atoms with Crippen LogP contribution in [0.2, 0.25) is 0 Å². The molecular formula is C12H21NO4.